The number of rotatable bonds is 2. The summed E-state index contributed by atoms with van der Waals surface area (Å²) in [6.45, 7) is 1.96. The topological polar surface area (TPSA) is 72.9 Å². The summed E-state index contributed by atoms with van der Waals surface area (Å²) < 4.78 is 1.99. The van der Waals surface area contributed by atoms with Crippen LogP contribution >= 0.6 is 11.3 Å². The summed E-state index contributed by atoms with van der Waals surface area (Å²) in [5.74, 6) is 1.65. The quantitative estimate of drug-likeness (QED) is 0.786. The van der Waals surface area contributed by atoms with Gasteiger partial charge in [0.05, 0.1) is 11.4 Å². The highest BCUT2D eigenvalue weighted by atomic mass is 32.1. The van der Waals surface area contributed by atoms with E-state index in [-0.39, 0.29) is 0 Å². The Balaban J connectivity index is 1.53. The number of piperidine rings is 1. The fraction of sp³-hybridized carbons (Fsp3) is 0.357. The molecule has 0 bridgehead atoms. The largest absolute Gasteiger partial charge is 0.382 e. The summed E-state index contributed by atoms with van der Waals surface area (Å²) in [4.78, 5) is 12.2. The van der Waals surface area contributed by atoms with Gasteiger partial charge in [0.25, 0.3) is 0 Å². The van der Waals surface area contributed by atoms with Crippen molar-refractivity contribution in [2.24, 2.45) is 0 Å². The summed E-state index contributed by atoms with van der Waals surface area (Å²) in [6, 6.07) is 4.39. The second-order valence-electron chi connectivity index (χ2n) is 5.28. The van der Waals surface area contributed by atoms with Gasteiger partial charge in [-0.05, 0) is 30.4 Å². The highest BCUT2D eigenvalue weighted by molar-refractivity contribution is 7.16. The van der Waals surface area contributed by atoms with E-state index in [2.05, 4.69) is 31.4 Å². The van der Waals surface area contributed by atoms with Gasteiger partial charge >= 0.3 is 0 Å². The van der Waals surface area contributed by atoms with E-state index in [0.29, 0.717) is 11.9 Å². The molecule has 3 aromatic rings. The summed E-state index contributed by atoms with van der Waals surface area (Å²) in [6.07, 6.45) is 5.74. The second kappa shape index (κ2) is 5.00. The normalized spacial score (nSPS) is 16.7. The first-order chi connectivity index (χ1) is 10.3. The average Bonchev–Trinajstić information content (AvgIpc) is 3.15. The van der Waals surface area contributed by atoms with Crippen LogP contribution in [-0.2, 0) is 0 Å². The van der Waals surface area contributed by atoms with Crippen LogP contribution < -0.4 is 10.6 Å². The van der Waals surface area contributed by atoms with E-state index in [4.69, 9.17) is 5.73 Å². The minimum Gasteiger partial charge on any atom is -0.382 e. The molecular formula is C14H16N6S. The third kappa shape index (κ3) is 2.23. The monoisotopic (exact) mass is 300 g/mol. The van der Waals surface area contributed by atoms with Crippen molar-refractivity contribution in [3.05, 3.63) is 30.0 Å². The van der Waals surface area contributed by atoms with E-state index in [1.165, 1.54) is 0 Å². The fourth-order valence-electron chi connectivity index (χ4n) is 2.93. The van der Waals surface area contributed by atoms with Gasteiger partial charge in [0, 0.05) is 19.3 Å². The number of nitrogens with two attached hydrogens (primary N) is 1. The Bertz CT molecular complexity index is 756. The molecule has 0 aliphatic carbocycles. The molecule has 1 aliphatic heterocycles. The summed E-state index contributed by atoms with van der Waals surface area (Å²) in [7, 11) is 0. The minimum absolute atomic E-state index is 0.429. The molecule has 1 fully saturated rings. The third-order valence-electron chi connectivity index (χ3n) is 4.01. The van der Waals surface area contributed by atoms with E-state index in [0.717, 1.165) is 42.0 Å². The SMILES string of the molecule is Nc1ccn(C2CCN(c3ncnc4sccc34)CC2)n1. The van der Waals surface area contributed by atoms with Gasteiger partial charge in [-0.25, -0.2) is 9.97 Å². The smallest absolute Gasteiger partial charge is 0.145 e. The zero-order valence-corrected chi connectivity index (χ0v) is 12.3. The van der Waals surface area contributed by atoms with Crippen LogP contribution in [0.1, 0.15) is 18.9 Å². The Morgan fingerprint density at radius 3 is 2.81 bits per heavy atom. The molecule has 0 saturated carbocycles. The van der Waals surface area contributed by atoms with E-state index in [1.807, 2.05) is 16.9 Å². The van der Waals surface area contributed by atoms with Crippen LogP contribution in [-0.4, -0.2) is 32.8 Å². The summed E-state index contributed by atoms with van der Waals surface area (Å²) >= 11 is 1.66. The lowest BCUT2D eigenvalue weighted by molar-refractivity contribution is 0.367. The van der Waals surface area contributed by atoms with Crippen LogP contribution in [0.15, 0.2) is 30.0 Å². The zero-order chi connectivity index (χ0) is 14.2. The van der Waals surface area contributed by atoms with Gasteiger partial charge in [-0.3, -0.25) is 4.68 Å². The van der Waals surface area contributed by atoms with E-state index < -0.39 is 0 Å². The van der Waals surface area contributed by atoms with Crippen LogP contribution in [0, 0.1) is 0 Å². The number of thiophene rings is 1. The van der Waals surface area contributed by atoms with Crippen LogP contribution in [0.3, 0.4) is 0 Å². The minimum atomic E-state index is 0.429. The van der Waals surface area contributed by atoms with Crippen molar-refractivity contribution in [2.75, 3.05) is 23.7 Å². The van der Waals surface area contributed by atoms with E-state index >= 15 is 0 Å². The number of aromatic nitrogens is 4. The second-order valence-corrected chi connectivity index (χ2v) is 6.17. The van der Waals surface area contributed by atoms with Crippen LogP contribution in [0.4, 0.5) is 11.6 Å². The molecule has 21 heavy (non-hydrogen) atoms. The van der Waals surface area contributed by atoms with Crippen molar-refractivity contribution < 1.29 is 0 Å². The van der Waals surface area contributed by atoms with Crippen molar-refractivity contribution in [3.8, 4) is 0 Å². The Labute approximate surface area is 126 Å². The molecule has 0 atom stereocenters. The van der Waals surface area contributed by atoms with Crippen molar-refractivity contribution in [2.45, 2.75) is 18.9 Å². The first-order valence-electron chi connectivity index (χ1n) is 7.05. The summed E-state index contributed by atoms with van der Waals surface area (Å²) in [5.41, 5.74) is 5.70. The number of fused-ring (bicyclic) bond motifs is 1. The Morgan fingerprint density at radius 1 is 1.19 bits per heavy atom. The lowest BCUT2D eigenvalue weighted by Gasteiger charge is -2.33. The standard InChI is InChI=1S/C14H16N6S/c15-12-3-7-20(18-12)10-1-5-19(6-2-10)13-11-4-8-21-14(11)17-9-16-13/h3-4,7-10H,1-2,5-6H2,(H2,15,18). The molecule has 4 rings (SSSR count). The molecule has 0 unspecified atom stereocenters. The van der Waals surface area contributed by atoms with Gasteiger partial charge in [0.15, 0.2) is 0 Å². The maximum Gasteiger partial charge on any atom is 0.145 e. The molecule has 4 heterocycles. The van der Waals surface area contributed by atoms with Gasteiger partial charge in [0.2, 0.25) is 0 Å². The van der Waals surface area contributed by atoms with Gasteiger partial charge in [-0.15, -0.1) is 11.3 Å². The van der Waals surface area contributed by atoms with Gasteiger partial charge in [-0.1, -0.05) is 0 Å². The molecule has 1 saturated heterocycles. The highest BCUT2D eigenvalue weighted by Gasteiger charge is 2.23. The fourth-order valence-corrected chi connectivity index (χ4v) is 3.65. The molecule has 0 radical (unpaired) electrons. The Kier molecular flexibility index (Phi) is 2.99. The molecule has 108 valence electrons. The molecule has 0 aromatic carbocycles. The molecule has 7 heteroatoms. The predicted octanol–water partition coefficient (Wildman–Crippen LogP) is 2.31. The van der Waals surface area contributed by atoms with Gasteiger partial charge in [-0.2, -0.15) is 5.10 Å². The highest BCUT2D eigenvalue weighted by Crippen LogP contribution is 2.31. The molecule has 2 N–H and O–H groups in total. The number of hydrogen-bond donors (Lipinski definition) is 1. The Morgan fingerprint density at radius 2 is 2.05 bits per heavy atom. The van der Waals surface area contributed by atoms with Crippen molar-refractivity contribution in [1.82, 2.24) is 19.7 Å². The number of anilines is 2. The van der Waals surface area contributed by atoms with Crippen LogP contribution in [0.25, 0.3) is 10.2 Å². The predicted molar refractivity (Wildman–Crippen MR) is 84.5 cm³/mol. The van der Waals surface area contributed by atoms with Crippen molar-refractivity contribution in [1.29, 1.82) is 0 Å². The molecular weight excluding hydrogens is 284 g/mol. The molecule has 1 aliphatic rings. The zero-order valence-electron chi connectivity index (χ0n) is 11.5. The maximum atomic E-state index is 5.70. The number of nitrogen functional groups attached to an aromatic ring is 1. The van der Waals surface area contributed by atoms with Crippen LogP contribution in [0.5, 0.6) is 0 Å². The molecule has 3 aromatic heterocycles. The average molecular weight is 300 g/mol. The van der Waals surface area contributed by atoms with Crippen LogP contribution in [0.2, 0.25) is 0 Å². The molecule has 0 amide bonds. The summed E-state index contributed by atoms with van der Waals surface area (Å²) in [5, 5.41) is 7.55. The van der Waals surface area contributed by atoms with Gasteiger partial charge in [0.1, 0.15) is 22.8 Å². The molecule has 6 nitrogen and oxygen atoms in total. The Hall–Kier alpha value is -2.15. The van der Waals surface area contributed by atoms with Crippen molar-refractivity contribution in [3.63, 3.8) is 0 Å². The number of hydrogen-bond acceptors (Lipinski definition) is 6. The molecule has 0 spiro atoms. The van der Waals surface area contributed by atoms with Crippen molar-refractivity contribution >= 4 is 33.2 Å². The van der Waals surface area contributed by atoms with E-state index in [1.54, 1.807) is 17.7 Å². The maximum absolute atomic E-state index is 5.70. The lowest BCUT2D eigenvalue weighted by atomic mass is 10.1. The van der Waals surface area contributed by atoms with Gasteiger partial charge < -0.3 is 10.6 Å². The third-order valence-corrected chi connectivity index (χ3v) is 4.83. The first kappa shape index (κ1) is 12.6. The van der Waals surface area contributed by atoms with E-state index in [9.17, 15) is 0 Å². The number of nitrogens with zero attached hydrogens (tertiary/aromatic N) is 5. The lowest BCUT2D eigenvalue weighted by Crippen LogP contribution is -2.35. The first-order valence-corrected chi connectivity index (χ1v) is 7.93.